The SMILES string of the molecule is CC(C)(C)C(=O)NC(NC(=O)C(C)(C)C)c1ccccc1. The highest BCUT2D eigenvalue weighted by molar-refractivity contribution is 5.84. The Morgan fingerprint density at radius 2 is 1.19 bits per heavy atom. The molecule has 0 fully saturated rings. The monoisotopic (exact) mass is 290 g/mol. The average molecular weight is 290 g/mol. The van der Waals surface area contributed by atoms with Gasteiger partial charge in [0.1, 0.15) is 6.17 Å². The molecule has 116 valence electrons. The zero-order chi connectivity index (χ0) is 16.3. The third-order valence-electron chi connectivity index (χ3n) is 3.05. The number of hydrogen-bond donors (Lipinski definition) is 2. The van der Waals surface area contributed by atoms with Crippen molar-refractivity contribution >= 4 is 11.8 Å². The molecule has 0 saturated heterocycles. The minimum Gasteiger partial charge on any atom is -0.332 e. The summed E-state index contributed by atoms with van der Waals surface area (Å²) in [5.74, 6) is -0.212. The first-order valence-corrected chi connectivity index (χ1v) is 7.18. The van der Waals surface area contributed by atoms with Crippen molar-refractivity contribution < 1.29 is 9.59 Å². The largest absolute Gasteiger partial charge is 0.332 e. The molecule has 0 aliphatic heterocycles. The number of carbonyl (C=O) groups is 2. The lowest BCUT2D eigenvalue weighted by molar-refractivity contribution is -0.132. The van der Waals surface area contributed by atoms with E-state index in [1.165, 1.54) is 0 Å². The molecule has 1 aromatic carbocycles. The highest BCUT2D eigenvalue weighted by Crippen LogP contribution is 2.19. The molecule has 0 aromatic heterocycles. The van der Waals surface area contributed by atoms with Crippen LogP contribution in [0.25, 0.3) is 0 Å². The third kappa shape index (κ3) is 5.21. The van der Waals surface area contributed by atoms with Crippen molar-refractivity contribution in [3.63, 3.8) is 0 Å². The van der Waals surface area contributed by atoms with E-state index in [4.69, 9.17) is 0 Å². The molecule has 0 heterocycles. The summed E-state index contributed by atoms with van der Waals surface area (Å²) in [6.07, 6.45) is -0.523. The highest BCUT2D eigenvalue weighted by Gasteiger charge is 2.28. The van der Waals surface area contributed by atoms with Gasteiger partial charge in [0, 0.05) is 10.8 Å². The Morgan fingerprint density at radius 1 is 0.810 bits per heavy atom. The highest BCUT2D eigenvalue weighted by atomic mass is 16.2. The lowest BCUT2D eigenvalue weighted by Gasteiger charge is -2.28. The molecule has 2 amide bonds. The maximum absolute atomic E-state index is 12.2. The van der Waals surface area contributed by atoms with Crippen molar-refractivity contribution in [2.45, 2.75) is 47.7 Å². The Labute approximate surface area is 127 Å². The van der Waals surface area contributed by atoms with Gasteiger partial charge in [-0.05, 0) is 5.56 Å². The summed E-state index contributed by atoms with van der Waals surface area (Å²) < 4.78 is 0. The minimum atomic E-state index is -0.523. The van der Waals surface area contributed by atoms with E-state index in [0.717, 1.165) is 5.56 Å². The summed E-state index contributed by atoms with van der Waals surface area (Å²) in [5.41, 5.74) is -0.174. The van der Waals surface area contributed by atoms with Gasteiger partial charge in [-0.2, -0.15) is 0 Å². The van der Waals surface area contributed by atoms with Crippen molar-refractivity contribution in [2.24, 2.45) is 10.8 Å². The Bertz CT molecular complexity index is 468. The number of benzene rings is 1. The van der Waals surface area contributed by atoms with Gasteiger partial charge in [0.2, 0.25) is 11.8 Å². The van der Waals surface area contributed by atoms with Gasteiger partial charge >= 0.3 is 0 Å². The van der Waals surface area contributed by atoms with E-state index < -0.39 is 17.0 Å². The molecule has 4 heteroatoms. The van der Waals surface area contributed by atoms with Crippen molar-refractivity contribution in [1.29, 1.82) is 0 Å². The van der Waals surface area contributed by atoms with Crippen LogP contribution in [0.5, 0.6) is 0 Å². The molecule has 0 bridgehead atoms. The van der Waals surface area contributed by atoms with Gasteiger partial charge in [0.15, 0.2) is 0 Å². The first-order chi connectivity index (χ1) is 9.51. The Balaban J connectivity index is 2.97. The van der Waals surface area contributed by atoms with Crippen LogP contribution in [0.1, 0.15) is 53.3 Å². The Morgan fingerprint density at radius 3 is 1.52 bits per heavy atom. The molecule has 0 atom stereocenters. The first kappa shape index (κ1) is 17.2. The smallest absolute Gasteiger partial charge is 0.227 e. The summed E-state index contributed by atoms with van der Waals surface area (Å²) in [4.78, 5) is 24.4. The molecule has 1 aromatic rings. The summed E-state index contributed by atoms with van der Waals surface area (Å²) in [7, 11) is 0. The second kappa shape index (κ2) is 6.29. The van der Waals surface area contributed by atoms with Gasteiger partial charge in [0.25, 0.3) is 0 Å². The fourth-order valence-corrected chi connectivity index (χ4v) is 1.54. The molecule has 0 aliphatic carbocycles. The third-order valence-corrected chi connectivity index (χ3v) is 3.05. The first-order valence-electron chi connectivity index (χ1n) is 7.18. The van der Waals surface area contributed by atoms with Crippen LogP contribution in [0.4, 0.5) is 0 Å². The van der Waals surface area contributed by atoms with Crippen LogP contribution in [0.3, 0.4) is 0 Å². The van der Waals surface area contributed by atoms with Gasteiger partial charge < -0.3 is 10.6 Å². The summed E-state index contributed by atoms with van der Waals surface area (Å²) in [6.45, 7) is 11.1. The standard InChI is InChI=1S/C17H26N2O2/c1-16(2,3)14(20)18-13(12-10-8-7-9-11-12)19-15(21)17(4,5)6/h7-11,13H,1-6H3,(H,18,20)(H,19,21). The number of nitrogens with one attached hydrogen (secondary N) is 2. The van der Waals surface area contributed by atoms with E-state index in [0.29, 0.717) is 0 Å². The van der Waals surface area contributed by atoms with Crippen LogP contribution < -0.4 is 10.6 Å². The topological polar surface area (TPSA) is 58.2 Å². The van der Waals surface area contributed by atoms with Crippen LogP contribution >= 0.6 is 0 Å². The maximum Gasteiger partial charge on any atom is 0.227 e. The van der Waals surface area contributed by atoms with Gasteiger partial charge in [0.05, 0.1) is 0 Å². The number of carbonyl (C=O) groups excluding carboxylic acids is 2. The van der Waals surface area contributed by atoms with Crippen molar-refractivity contribution in [1.82, 2.24) is 10.6 Å². The molecular weight excluding hydrogens is 264 g/mol. The molecule has 4 nitrogen and oxygen atoms in total. The van der Waals surface area contributed by atoms with E-state index in [2.05, 4.69) is 10.6 Å². The minimum absolute atomic E-state index is 0.106. The summed E-state index contributed by atoms with van der Waals surface area (Å²) in [5, 5.41) is 5.81. The maximum atomic E-state index is 12.2. The second-order valence-corrected chi connectivity index (χ2v) is 7.29. The lowest BCUT2D eigenvalue weighted by atomic mass is 9.94. The number of amides is 2. The fraction of sp³-hybridized carbons (Fsp3) is 0.529. The molecule has 0 spiro atoms. The molecule has 0 aliphatic rings. The van der Waals surface area contributed by atoms with Crippen LogP contribution in [-0.2, 0) is 9.59 Å². The zero-order valence-corrected chi connectivity index (χ0v) is 13.8. The average Bonchev–Trinajstić information content (AvgIpc) is 2.36. The molecule has 0 saturated carbocycles. The zero-order valence-electron chi connectivity index (χ0n) is 13.8. The van der Waals surface area contributed by atoms with Crippen LogP contribution in [-0.4, -0.2) is 11.8 Å². The molecular formula is C17H26N2O2. The van der Waals surface area contributed by atoms with E-state index in [1.807, 2.05) is 71.9 Å². The van der Waals surface area contributed by atoms with Crippen LogP contribution in [0, 0.1) is 10.8 Å². The number of rotatable bonds is 3. The van der Waals surface area contributed by atoms with E-state index in [1.54, 1.807) is 0 Å². The van der Waals surface area contributed by atoms with Crippen molar-refractivity contribution in [3.05, 3.63) is 35.9 Å². The molecule has 0 unspecified atom stereocenters. The second-order valence-electron chi connectivity index (χ2n) is 7.29. The normalized spacial score (nSPS) is 12.1. The van der Waals surface area contributed by atoms with Crippen molar-refractivity contribution in [3.8, 4) is 0 Å². The fourth-order valence-electron chi connectivity index (χ4n) is 1.54. The summed E-state index contributed by atoms with van der Waals surface area (Å²) in [6, 6.07) is 9.44. The molecule has 0 radical (unpaired) electrons. The lowest BCUT2D eigenvalue weighted by Crippen LogP contribution is -2.47. The van der Waals surface area contributed by atoms with Gasteiger partial charge in [-0.25, -0.2) is 0 Å². The Kier molecular flexibility index (Phi) is 5.15. The predicted molar refractivity (Wildman–Crippen MR) is 84.4 cm³/mol. The van der Waals surface area contributed by atoms with Crippen LogP contribution in [0.2, 0.25) is 0 Å². The molecule has 21 heavy (non-hydrogen) atoms. The Hall–Kier alpha value is -1.84. The predicted octanol–water partition coefficient (Wildman–Crippen LogP) is 3.01. The van der Waals surface area contributed by atoms with Gasteiger partial charge in [-0.1, -0.05) is 71.9 Å². The van der Waals surface area contributed by atoms with Crippen LogP contribution in [0.15, 0.2) is 30.3 Å². The summed E-state index contributed by atoms with van der Waals surface area (Å²) >= 11 is 0. The quantitative estimate of drug-likeness (QED) is 0.841. The molecule has 2 N–H and O–H groups in total. The molecule has 1 rings (SSSR count). The number of hydrogen-bond acceptors (Lipinski definition) is 2. The van der Waals surface area contributed by atoms with Gasteiger partial charge in [-0.15, -0.1) is 0 Å². The van der Waals surface area contributed by atoms with Crippen molar-refractivity contribution in [2.75, 3.05) is 0 Å². The van der Waals surface area contributed by atoms with E-state index in [-0.39, 0.29) is 11.8 Å². The van der Waals surface area contributed by atoms with E-state index in [9.17, 15) is 9.59 Å². The van der Waals surface area contributed by atoms with Gasteiger partial charge in [-0.3, -0.25) is 9.59 Å². The van der Waals surface area contributed by atoms with E-state index >= 15 is 0 Å².